The number of rotatable bonds is 7. The molecule has 0 spiro atoms. The van der Waals surface area contributed by atoms with Crippen molar-refractivity contribution in [2.24, 2.45) is 5.92 Å². The molecule has 20 heavy (non-hydrogen) atoms. The average molecular weight is 277 g/mol. The van der Waals surface area contributed by atoms with E-state index in [1.807, 2.05) is 12.1 Å². The summed E-state index contributed by atoms with van der Waals surface area (Å²) in [5, 5.41) is 12.8. The first-order valence-electron chi connectivity index (χ1n) is 7.65. The molecule has 3 heteroatoms. The highest BCUT2D eigenvalue weighted by Crippen LogP contribution is 2.41. The molecule has 0 radical (unpaired) electrons. The van der Waals surface area contributed by atoms with Crippen LogP contribution >= 0.6 is 0 Å². The van der Waals surface area contributed by atoms with Crippen molar-refractivity contribution in [2.75, 3.05) is 13.7 Å². The fourth-order valence-electron chi connectivity index (χ4n) is 3.06. The second kappa shape index (κ2) is 7.09. The predicted molar refractivity (Wildman–Crippen MR) is 82.2 cm³/mol. The molecular weight excluding hydrogens is 250 g/mol. The van der Waals surface area contributed by atoms with E-state index in [4.69, 9.17) is 9.84 Å². The third kappa shape index (κ3) is 3.53. The van der Waals surface area contributed by atoms with Crippen molar-refractivity contribution in [3.05, 3.63) is 29.8 Å². The van der Waals surface area contributed by atoms with Crippen molar-refractivity contribution in [3.63, 3.8) is 0 Å². The van der Waals surface area contributed by atoms with Crippen LogP contribution in [0.2, 0.25) is 0 Å². The number of aliphatic hydroxyl groups excluding tert-OH is 1. The standard InChI is InChI=1S/C17H27NO2/c1-12(2)16(8-9-19)18-14-10-13(11-14)15-6-4-5-7-17(15)20-3/h4-7,12-14,16,18-19H,8-11H2,1-3H3. The highest BCUT2D eigenvalue weighted by atomic mass is 16.5. The van der Waals surface area contributed by atoms with Gasteiger partial charge in [-0.1, -0.05) is 32.0 Å². The maximum absolute atomic E-state index is 9.13. The van der Waals surface area contributed by atoms with Crippen molar-refractivity contribution in [1.29, 1.82) is 0 Å². The van der Waals surface area contributed by atoms with Gasteiger partial charge in [-0.15, -0.1) is 0 Å². The first kappa shape index (κ1) is 15.3. The predicted octanol–water partition coefficient (Wildman–Crippen LogP) is 2.94. The van der Waals surface area contributed by atoms with Crippen molar-refractivity contribution >= 4 is 0 Å². The molecule has 112 valence electrons. The lowest BCUT2D eigenvalue weighted by Gasteiger charge is -2.40. The molecular formula is C17H27NO2. The minimum absolute atomic E-state index is 0.262. The normalized spacial score (nSPS) is 23.4. The Morgan fingerprint density at radius 3 is 2.60 bits per heavy atom. The van der Waals surface area contributed by atoms with Crippen LogP contribution in [0.4, 0.5) is 0 Å². The fourth-order valence-corrected chi connectivity index (χ4v) is 3.06. The molecule has 1 aromatic rings. The Labute approximate surface area is 122 Å². The van der Waals surface area contributed by atoms with E-state index in [-0.39, 0.29) is 6.61 Å². The van der Waals surface area contributed by atoms with Crippen LogP contribution in [0, 0.1) is 5.92 Å². The van der Waals surface area contributed by atoms with E-state index in [9.17, 15) is 0 Å². The molecule has 1 aromatic carbocycles. The third-order valence-corrected chi connectivity index (χ3v) is 4.41. The Kier molecular flexibility index (Phi) is 5.44. The molecule has 1 atom stereocenters. The van der Waals surface area contributed by atoms with Crippen LogP contribution in [0.5, 0.6) is 5.75 Å². The lowest BCUT2D eigenvalue weighted by Crippen LogP contribution is -2.47. The van der Waals surface area contributed by atoms with Crippen LogP contribution in [0.1, 0.15) is 44.6 Å². The molecule has 0 bridgehead atoms. The molecule has 0 aliphatic heterocycles. The molecule has 0 amide bonds. The molecule has 2 N–H and O–H groups in total. The Bertz CT molecular complexity index is 413. The maximum atomic E-state index is 9.13. The van der Waals surface area contributed by atoms with Gasteiger partial charge in [0.05, 0.1) is 7.11 Å². The van der Waals surface area contributed by atoms with E-state index in [2.05, 4.69) is 31.3 Å². The van der Waals surface area contributed by atoms with Gasteiger partial charge in [0, 0.05) is 18.7 Å². The van der Waals surface area contributed by atoms with Crippen LogP contribution in [0.15, 0.2) is 24.3 Å². The maximum Gasteiger partial charge on any atom is 0.122 e. The SMILES string of the molecule is COc1ccccc1C1CC(NC(CCO)C(C)C)C1. The van der Waals surface area contributed by atoms with Gasteiger partial charge in [0.2, 0.25) is 0 Å². The zero-order valence-electron chi connectivity index (χ0n) is 12.8. The third-order valence-electron chi connectivity index (χ3n) is 4.41. The zero-order valence-corrected chi connectivity index (χ0v) is 12.8. The Morgan fingerprint density at radius 1 is 1.30 bits per heavy atom. The van der Waals surface area contributed by atoms with Crippen molar-refractivity contribution in [3.8, 4) is 5.75 Å². The topological polar surface area (TPSA) is 41.5 Å². The number of benzene rings is 1. The van der Waals surface area contributed by atoms with Crippen LogP contribution < -0.4 is 10.1 Å². The molecule has 1 aliphatic carbocycles. The number of para-hydroxylation sites is 1. The first-order chi connectivity index (χ1) is 9.65. The number of hydrogen-bond donors (Lipinski definition) is 2. The van der Waals surface area contributed by atoms with Crippen LogP contribution in [-0.2, 0) is 0 Å². The number of aliphatic hydroxyl groups is 1. The Hall–Kier alpha value is -1.06. The Balaban J connectivity index is 1.88. The van der Waals surface area contributed by atoms with Gasteiger partial charge in [-0.2, -0.15) is 0 Å². The monoisotopic (exact) mass is 277 g/mol. The summed E-state index contributed by atoms with van der Waals surface area (Å²) in [6.07, 6.45) is 3.16. The summed E-state index contributed by atoms with van der Waals surface area (Å²) in [6.45, 7) is 4.69. The molecule has 1 unspecified atom stereocenters. The van der Waals surface area contributed by atoms with Gasteiger partial charge < -0.3 is 15.2 Å². The largest absolute Gasteiger partial charge is 0.496 e. The second-order valence-corrected chi connectivity index (χ2v) is 6.14. The van der Waals surface area contributed by atoms with Crippen molar-refractivity contribution < 1.29 is 9.84 Å². The van der Waals surface area contributed by atoms with Gasteiger partial charge in [-0.25, -0.2) is 0 Å². The van der Waals surface area contributed by atoms with Gasteiger partial charge in [0.25, 0.3) is 0 Å². The van der Waals surface area contributed by atoms with Gasteiger partial charge in [-0.05, 0) is 42.7 Å². The lowest BCUT2D eigenvalue weighted by molar-refractivity contribution is 0.198. The van der Waals surface area contributed by atoms with Crippen LogP contribution in [0.25, 0.3) is 0 Å². The van der Waals surface area contributed by atoms with Gasteiger partial charge in [-0.3, -0.25) is 0 Å². The van der Waals surface area contributed by atoms with E-state index < -0.39 is 0 Å². The molecule has 3 nitrogen and oxygen atoms in total. The summed E-state index contributed by atoms with van der Waals surface area (Å²) in [7, 11) is 1.74. The average Bonchev–Trinajstić information content (AvgIpc) is 2.40. The number of hydrogen-bond acceptors (Lipinski definition) is 3. The summed E-state index contributed by atoms with van der Waals surface area (Å²) in [5.74, 6) is 2.17. The Morgan fingerprint density at radius 2 is 2.00 bits per heavy atom. The fraction of sp³-hybridized carbons (Fsp3) is 0.647. The second-order valence-electron chi connectivity index (χ2n) is 6.14. The number of methoxy groups -OCH3 is 1. The molecule has 1 aliphatic rings. The quantitative estimate of drug-likeness (QED) is 0.805. The van der Waals surface area contributed by atoms with E-state index in [0.29, 0.717) is 23.9 Å². The van der Waals surface area contributed by atoms with Gasteiger partial charge in [0.15, 0.2) is 0 Å². The van der Waals surface area contributed by atoms with Crippen molar-refractivity contribution in [1.82, 2.24) is 5.32 Å². The molecule has 1 saturated carbocycles. The molecule has 1 fully saturated rings. The molecule has 0 heterocycles. The highest BCUT2D eigenvalue weighted by molar-refractivity contribution is 5.37. The molecule has 0 aromatic heterocycles. The minimum atomic E-state index is 0.262. The highest BCUT2D eigenvalue weighted by Gasteiger charge is 2.33. The smallest absolute Gasteiger partial charge is 0.122 e. The summed E-state index contributed by atoms with van der Waals surface area (Å²) in [5.41, 5.74) is 1.33. The van der Waals surface area contributed by atoms with Crippen LogP contribution in [-0.4, -0.2) is 30.9 Å². The summed E-state index contributed by atoms with van der Waals surface area (Å²) < 4.78 is 5.44. The van der Waals surface area contributed by atoms with Gasteiger partial charge >= 0.3 is 0 Å². The summed E-state index contributed by atoms with van der Waals surface area (Å²) in [6, 6.07) is 9.31. The lowest BCUT2D eigenvalue weighted by atomic mass is 9.75. The molecule has 2 rings (SSSR count). The molecule has 0 saturated heterocycles. The van der Waals surface area contributed by atoms with Crippen LogP contribution in [0.3, 0.4) is 0 Å². The first-order valence-corrected chi connectivity index (χ1v) is 7.65. The minimum Gasteiger partial charge on any atom is -0.496 e. The van der Waals surface area contributed by atoms with E-state index in [0.717, 1.165) is 25.0 Å². The number of ether oxygens (including phenoxy) is 1. The van der Waals surface area contributed by atoms with E-state index in [1.165, 1.54) is 5.56 Å². The zero-order chi connectivity index (χ0) is 14.5. The van der Waals surface area contributed by atoms with E-state index in [1.54, 1.807) is 7.11 Å². The summed E-state index contributed by atoms with van der Waals surface area (Å²) >= 11 is 0. The summed E-state index contributed by atoms with van der Waals surface area (Å²) in [4.78, 5) is 0. The van der Waals surface area contributed by atoms with Gasteiger partial charge in [0.1, 0.15) is 5.75 Å². The van der Waals surface area contributed by atoms with E-state index >= 15 is 0 Å². The van der Waals surface area contributed by atoms with Crippen molar-refractivity contribution in [2.45, 2.75) is 51.1 Å². The number of nitrogens with one attached hydrogen (secondary N) is 1.